The Labute approximate surface area is 136 Å². The lowest BCUT2D eigenvalue weighted by molar-refractivity contribution is 0.179. The molecule has 0 aliphatic heterocycles. The Morgan fingerprint density at radius 2 is 1.90 bits per heavy atom. The molecule has 0 fully saturated rings. The molecule has 0 atom stereocenters. The average Bonchev–Trinajstić information content (AvgIpc) is 2.83. The Morgan fingerprint density at radius 3 is 2.33 bits per heavy atom. The smallest absolute Gasteiger partial charge is 0.250 e. The Morgan fingerprint density at radius 1 is 1.33 bits per heavy atom. The third-order valence-corrected chi connectivity index (χ3v) is 6.50. The summed E-state index contributed by atoms with van der Waals surface area (Å²) in [6, 6.07) is 3.91. The van der Waals surface area contributed by atoms with E-state index in [1.807, 2.05) is 0 Å². The summed E-state index contributed by atoms with van der Waals surface area (Å²) in [6.07, 6.45) is 0. The minimum absolute atomic E-state index is 0.215. The first kappa shape index (κ1) is 18.5. The molecule has 120 valence electrons. The van der Waals surface area contributed by atoms with Gasteiger partial charge in [0.25, 0.3) is 0 Å². The number of thiophene rings is 1. The van der Waals surface area contributed by atoms with E-state index in [0.29, 0.717) is 30.1 Å². The Balaban J connectivity index is 2.66. The van der Waals surface area contributed by atoms with Gasteiger partial charge in [0.2, 0.25) is 10.0 Å². The number of rotatable bonds is 8. The minimum Gasteiger partial charge on any atom is -0.389 e. The molecule has 0 radical (unpaired) electrons. The maximum atomic E-state index is 12.2. The molecular weight excluding hydrogens is 326 g/mol. The van der Waals surface area contributed by atoms with Crippen molar-refractivity contribution in [2.24, 2.45) is 5.73 Å². The zero-order chi connectivity index (χ0) is 16.2. The first-order chi connectivity index (χ1) is 9.65. The maximum absolute atomic E-state index is 12.2. The zero-order valence-electron chi connectivity index (χ0n) is 12.8. The fourth-order valence-corrected chi connectivity index (χ4v) is 4.51. The number of sulfonamides is 1. The topological polar surface area (TPSA) is 75.4 Å². The van der Waals surface area contributed by atoms with E-state index in [9.17, 15) is 8.42 Å². The first-order valence-electron chi connectivity index (χ1n) is 6.80. The summed E-state index contributed by atoms with van der Waals surface area (Å²) in [4.78, 5) is 3.06. The van der Waals surface area contributed by atoms with E-state index in [0.717, 1.165) is 11.3 Å². The van der Waals surface area contributed by atoms with Crippen LogP contribution in [0, 0.1) is 0 Å². The van der Waals surface area contributed by atoms with E-state index in [4.69, 9.17) is 18.0 Å². The fourth-order valence-electron chi connectivity index (χ4n) is 2.09. The lowest BCUT2D eigenvalue weighted by atomic mass is 10.2. The van der Waals surface area contributed by atoms with Gasteiger partial charge in [0.05, 0.1) is 4.88 Å². The Hall–Kier alpha value is -0.540. The number of thiocarbonyl (C=S) groups is 1. The summed E-state index contributed by atoms with van der Waals surface area (Å²) in [7, 11) is -3.49. The summed E-state index contributed by atoms with van der Waals surface area (Å²) < 4.78 is 27.2. The van der Waals surface area contributed by atoms with Crippen LogP contribution in [0.4, 0.5) is 0 Å². The van der Waals surface area contributed by atoms with E-state index in [-0.39, 0.29) is 9.20 Å². The van der Waals surface area contributed by atoms with Crippen LogP contribution >= 0.6 is 23.6 Å². The molecule has 0 saturated carbocycles. The van der Waals surface area contributed by atoms with Crippen LogP contribution in [0.3, 0.4) is 0 Å². The van der Waals surface area contributed by atoms with Gasteiger partial charge in [-0.2, -0.15) is 0 Å². The predicted molar refractivity (Wildman–Crippen MR) is 92.4 cm³/mol. The summed E-state index contributed by atoms with van der Waals surface area (Å²) in [6.45, 7) is 9.44. The summed E-state index contributed by atoms with van der Waals surface area (Å²) in [5.74, 6) is 0. The lowest BCUT2D eigenvalue weighted by Crippen LogP contribution is -2.42. The third kappa shape index (κ3) is 5.30. The van der Waals surface area contributed by atoms with Crippen LogP contribution in [-0.2, 0) is 10.0 Å². The molecular formula is C13H23N3O2S3. The number of hydrogen-bond acceptors (Lipinski definition) is 5. The molecule has 0 unspecified atom stereocenters. The second-order valence-electron chi connectivity index (χ2n) is 5.31. The van der Waals surface area contributed by atoms with Gasteiger partial charge in [-0.15, -0.1) is 11.3 Å². The quantitative estimate of drug-likeness (QED) is 0.700. The molecule has 0 spiro atoms. The van der Waals surface area contributed by atoms with E-state index in [2.05, 4.69) is 37.3 Å². The van der Waals surface area contributed by atoms with Gasteiger partial charge < -0.3 is 5.73 Å². The molecule has 8 heteroatoms. The van der Waals surface area contributed by atoms with Crippen LogP contribution in [-0.4, -0.2) is 43.5 Å². The van der Waals surface area contributed by atoms with Gasteiger partial charge in [-0.25, -0.2) is 13.1 Å². The molecule has 1 heterocycles. The van der Waals surface area contributed by atoms with E-state index in [1.54, 1.807) is 6.07 Å². The van der Waals surface area contributed by atoms with Crippen LogP contribution in [0.15, 0.2) is 16.3 Å². The minimum atomic E-state index is -3.49. The van der Waals surface area contributed by atoms with Gasteiger partial charge in [0.15, 0.2) is 0 Å². The molecule has 1 aromatic rings. The third-order valence-electron chi connectivity index (χ3n) is 3.08. The largest absolute Gasteiger partial charge is 0.389 e. The van der Waals surface area contributed by atoms with Crippen molar-refractivity contribution < 1.29 is 8.42 Å². The van der Waals surface area contributed by atoms with Gasteiger partial charge in [0, 0.05) is 25.2 Å². The molecule has 3 N–H and O–H groups in total. The average molecular weight is 350 g/mol. The van der Waals surface area contributed by atoms with Crippen molar-refractivity contribution in [3.8, 4) is 0 Å². The fraction of sp³-hybridized carbons (Fsp3) is 0.615. The molecule has 0 bridgehead atoms. The zero-order valence-corrected chi connectivity index (χ0v) is 15.2. The highest BCUT2D eigenvalue weighted by molar-refractivity contribution is 7.91. The first-order valence-corrected chi connectivity index (χ1v) is 9.51. The van der Waals surface area contributed by atoms with E-state index < -0.39 is 10.0 Å². The molecule has 0 amide bonds. The van der Waals surface area contributed by atoms with Gasteiger partial charge in [0.1, 0.15) is 9.20 Å². The highest BCUT2D eigenvalue weighted by Gasteiger charge is 2.19. The van der Waals surface area contributed by atoms with E-state index >= 15 is 0 Å². The Bertz CT molecular complexity index is 571. The number of nitrogens with two attached hydrogens (primary N) is 1. The predicted octanol–water partition coefficient (Wildman–Crippen LogP) is 1.78. The standard InChI is InChI=1S/C13H23N3O2S3/c1-9(2)16(10(3)4)8-7-15-21(17,18)12-6-5-11(20-12)13(14)19/h5-6,9-10,15H,7-8H2,1-4H3,(H2,14,19). The molecule has 0 aliphatic carbocycles. The molecule has 0 aromatic carbocycles. The molecule has 1 aromatic heterocycles. The van der Waals surface area contributed by atoms with Crippen LogP contribution < -0.4 is 10.5 Å². The number of nitrogens with zero attached hydrogens (tertiary/aromatic N) is 1. The number of nitrogens with one attached hydrogen (secondary N) is 1. The van der Waals surface area contributed by atoms with Gasteiger partial charge >= 0.3 is 0 Å². The van der Waals surface area contributed by atoms with Crippen molar-refractivity contribution in [2.45, 2.75) is 44.0 Å². The maximum Gasteiger partial charge on any atom is 0.250 e. The normalized spacial score (nSPS) is 12.5. The van der Waals surface area contributed by atoms with Crippen molar-refractivity contribution >= 4 is 38.6 Å². The summed E-state index contributed by atoms with van der Waals surface area (Å²) in [5, 5.41) is 0. The van der Waals surface area contributed by atoms with Gasteiger partial charge in [-0.3, -0.25) is 4.90 Å². The van der Waals surface area contributed by atoms with Crippen molar-refractivity contribution in [3.63, 3.8) is 0 Å². The van der Waals surface area contributed by atoms with E-state index in [1.165, 1.54) is 6.07 Å². The van der Waals surface area contributed by atoms with Crippen molar-refractivity contribution in [1.82, 2.24) is 9.62 Å². The van der Waals surface area contributed by atoms with Crippen LogP contribution in [0.2, 0.25) is 0 Å². The monoisotopic (exact) mass is 349 g/mol. The highest BCUT2D eigenvalue weighted by atomic mass is 32.2. The molecule has 0 aliphatic rings. The van der Waals surface area contributed by atoms with Crippen molar-refractivity contribution in [2.75, 3.05) is 13.1 Å². The molecule has 0 saturated heterocycles. The van der Waals surface area contributed by atoms with Crippen LogP contribution in [0.1, 0.15) is 32.6 Å². The SMILES string of the molecule is CC(C)N(CCNS(=O)(=O)c1ccc(C(N)=S)s1)C(C)C. The van der Waals surface area contributed by atoms with Gasteiger partial charge in [-0.1, -0.05) is 12.2 Å². The summed E-state index contributed by atoms with van der Waals surface area (Å²) in [5.41, 5.74) is 5.50. The lowest BCUT2D eigenvalue weighted by Gasteiger charge is -2.30. The summed E-state index contributed by atoms with van der Waals surface area (Å²) >= 11 is 5.93. The second kappa shape index (κ2) is 7.64. The van der Waals surface area contributed by atoms with Crippen LogP contribution in [0.25, 0.3) is 0 Å². The van der Waals surface area contributed by atoms with Crippen molar-refractivity contribution in [1.29, 1.82) is 0 Å². The molecule has 21 heavy (non-hydrogen) atoms. The molecule has 1 rings (SSSR count). The van der Waals surface area contributed by atoms with Gasteiger partial charge in [-0.05, 0) is 39.8 Å². The molecule has 5 nitrogen and oxygen atoms in total. The highest BCUT2D eigenvalue weighted by Crippen LogP contribution is 2.21. The Kier molecular flexibility index (Phi) is 6.73. The van der Waals surface area contributed by atoms with Crippen LogP contribution in [0.5, 0.6) is 0 Å². The second-order valence-corrected chi connectivity index (χ2v) is 8.82. The van der Waals surface area contributed by atoms with Crippen molar-refractivity contribution in [3.05, 3.63) is 17.0 Å². The number of hydrogen-bond donors (Lipinski definition) is 2.